The van der Waals surface area contributed by atoms with Crippen molar-refractivity contribution in [3.63, 3.8) is 0 Å². The molecule has 21 heavy (non-hydrogen) atoms. The molecule has 6 heteroatoms. The first-order valence-corrected chi connectivity index (χ1v) is 7.07. The number of hydrogen-bond acceptors (Lipinski definition) is 5. The van der Waals surface area contributed by atoms with E-state index < -0.39 is 11.8 Å². The molecule has 2 rings (SSSR count). The molecule has 1 atom stereocenters. The lowest BCUT2D eigenvalue weighted by Crippen LogP contribution is -2.43. The molecule has 0 radical (unpaired) electrons. The van der Waals surface area contributed by atoms with Crippen LogP contribution in [0.25, 0.3) is 0 Å². The summed E-state index contributed by atoms with van der Waals surface area (Å²) in [6, 6.07) is 2.55. The predicted octanol–water partition coefficient (Wildman–Crippen LogP) is 2.57. The molecule has 1 unspecified atom stereocenters. The third-order valence-electron chi connectivity index (χ3n) is 3.51. The minimum absolute atomic E-state index is 0.0709. The van der Waals surface area contributed by atoms with E-state index in [4.69, 9.17) is 15.2 Å². The van der Waals surface area contributed by atoms with Crippen LogP contribution in [0.4, 0.5) is 15.8 Å². The van der Waals surface area contributed by atoms with Crippen LogP contribution in [0.3, 0.4) is 0 Å². The first kappa shape index (κ1) is 15.6. The molecule has 0 spiro atoms. The maximum absolute atomic E-state index is 14.1. The van der Waals surface area contributed by atoms with Crippen molar-refractivity contribution in [1.29, 1.82) is 0 Å². The number of rotatable bonds is 4. The number of nitrogens with two attached hydrogens (primary N) is 1. The largest absolute Gasteiger partial charge is 0.462 e. The number of anilines is 2. The number of nitrogens with one attached hydrogen (secondary N) is 1. The van der Waals surface area contributed by atoms with E-state index in [1.54, 1.807) is 6.92 Å². The highest BCUT2D eigenvalue weighted by Gasteiger charge is 2.29. The molecule has 3 N–H and O–H groups in total. The number of nitrogen functional groups attached to an aromatic ring is 1. The standard InChI is InChI=1S/C15H21FN2O3/c1-3-21-14(19)10-7-13(11(16)8-12(10)17)18-15(2)5-4-6-20-9-15/h7-8,18H,3-6,9,17H2,1-2H3. The predicted molar refractivity (Wildman–Crippen MR) is 78.8 cm³/mol. The number of esters is 1. The van der Waals surface area contributed by atoms with Gasteiger partial charge in [0.1, 0.15) is 5.82 Å². The maximum Gasteiger partial charge on any atom is 0.340 e. The van der Waals surface area contributed by atoms with Crippen molar-refractivity contribution in [2.75, 3.05) is 30.9 Å². The Kier molecular flexibility index (Phi) is 4.67. The van der Waals surface area contributed by atoms with Crippen LogP contribution in [0.2, 0.25) is 0 Å². The van der Waals surface area contributed by atoms with Crippen LogP contribution in [0.5, 0.6) is 0 Å². The Hall–Kier alpha value is -1.82. The SMILES string of the molecule is CCOC(=O)c1cc(NC2(C)CCCOC2)c(F)cc1N. The van der Waals surface area contributed by atoms with Gasteiger partial charge in [-0.15, -0.1) is 0 Å². The van der Waals surface area contributed by atoms with Gasteiger partial charge >= 0.3 is 5.97 Å². The molecule has 1 aromatic rings. The Morgan fingerprint density at radius 1 is 1.57 bits per heavy atom. The Bertz CT molecular complexity index is 528. The fraction of sp³-hybridized carbons (Fsp3) is 0.533. The average Bonchev–Trinajstić information content (AvgIpc) is 2.42. The summed E-state index contributed by atoms with van der Waals surface area (Å²) in [5, 5.41) is 3.13. The van der Waals surface area contributed by atoms with Crippen molar-refractivity contribution in [2.45, 2.75) is 32.2 Å². The summed E-state index contributed by atoms with van der Waals surface area (Å²) in [5.41, 5.74) is 5.81. The van der Waals surface area contributed by atoms with Gasteiger partial charge in [0.15, 0.2) is 0 Å². The van der Waals surface area contributed by atoms with Crippen LogP contribution in [0.15, 0.2) is 12.1 Å². The molecule has 1 heterocycles. The van der Waals surface area contributed by atoms with E-state index >= 15 is 0 Å². The zero-order valence-electron chi connectivity index (χ0n) is 12.4. The second-order valence-corrected chi connectivity index (χ2v) is 5.48. The van der Waals surface area contributed by atoms with E-state index in [0.717, 1.165) is 25.5 Å². The number of carbonyl (C=O) groups is 1. The second-order valence-electron chi connectivity index (χ2n) is 5.48. The fourth-order valence-electron chi connectivity index (χ4n) is 2.43. The molecule has 0 bridgehead atoms. The Balaban J connectivity index is 2.26. The number of benzene rings is 1. The van der Waals surface area contributed by atoms with Crippen molar-refractivity contribution in [3.05, 3.63) is 23.5 Å². The van der Waals surface area contributed by atoms with Crippen molar-refractivity contribution >= 4 is 17.3 Å². The zero-order valence-corrected chi connectivity index (χ0v) is 12.4. The minimum Gasteiger partial charge on any atom is -0.462 e. The normalized spacial score (nSPS) is 21.9. The lowest BCUT2D eigenvalue weighted by molar-refractivity contribution is 0.0526. The zero-order chi connectivity index (χ0) is 15.5. The molecular weight excluding hydrogens is 275 g/mol. The van der Waals surface area contributed by atoms with Gasteiger partial charge in [-0.3, -0.25) is 0 Å². The molecule has 1 aliphatic heterocycles. The van der Waals surface area contributed by atoms with Crippen LogP contribution in [-0.4, -0.2) is 31.3 Å². The summed E-state index contributed by atoms with van der Waals surface area (Å²) in [7, 11) is 0. The van der Waals surface area contributed by atoms with Gasteiger partial charge < -0.3 is 20.5 Å². The summed E-state index contributed by atoms with van der Waals surface area (Å²) in [6.07, 6.45) is 1.77. The van der Waals surface area contributed by atoms with Gasteiger partial charge in [0.05, 0.1) is 30.0 Å². The fourth-order valence-corrected chi connectivity index (χ4v) is 2.43. The van der Waals surface area contributed by atoms with Gasteiger partial charge in [-0.25, -0.2) is 9.18 Å². The van der Waals surface area contributed by atoms with E-state index in [1.165, 1.54) is 6.07 Å². The average molecular weight is 296 g/mol. The van der Waals surface area contributed by atoms with Crippen molar-refractivity contribution < 1.29 is 18.7 Å². The van der Waals surface area contributed by atoms with E-state index in [-0.39, 0.29) is 29.1 Å². The van der Waals surface area contributed by atoms with E-state index in [1.807, 2.05) is 6.92 Å². The van der Waals surface area contributed by atoms with Gasteiger partial charge in [0.25, 0.3) is 0 Å². The van der Waals surface area contributed by atoms with E-state index in [0.29, 0.717) is 6.61 Å². The smallest absolute Gasteiger partial charge is 0.340 e. The van der Waals surface area contributed by atoms with E-state index in [9.17, 15) is 9.18 Å². The minimum atomic E-state index is -0.553. The molecule has 1 aliphatic rings. The van der Waals surface area contributed by atoms with Crippen molar-refractivity contribution in [2.24, 2.45) is 0 Å². The summed E-state index contributed by atoms with van der Waals surface area (Å²) < 4.78 is 24.4. The van der Waals surface area contributed by atoms with Crippen molar-refractivity contribution in [1.82, 2.24) is 0 Å². The number of halogens is 1. The third kappa shape index (κ3) is 3.64. The number of ether oxygens (including phenoxy) is 2. The topological polar surface area (TPSA) is 73.6 Å². The maximum atomic E-state index is 14.1. The molecule has 0 aromatic heterocycles. The summed E-state index contributed by atoms with van der Waals surface area (Å²) in [6.45, 7) is 5.12. The summed E-state index contributed by atoms with van der Waals surface area (Å²) in [5.74, 6) is -1.05. The molecule has 1 fully saturated rings. The van der Waals surface area contributed by atoms with Crippen LogP contribution in [0, 0.1) is 5.82 Å². The number of hydrogen-bond donors (Lipinski definition) is 2. The van der Waals surface area contributed by atoms with Crippen LogP contribution < -0.4 is 11.1 Å². The first-order chi connectivity index (χ1) is 9.95. The molecule has 1 saturated heterocycles. The number of carbonyl (C=O) groups excluding carboxylic acids is 1. The second kappa shape index (κ2) is 6.30. The molecule has 5 nitrogen and oxygen atoms in total. The quantitative estimate of drug-likeness (QED) is 0.660. The van der Waals surface area contributed by atoms with Crippen LogP contribution >= 0.6 is 0 Å². The highest BCUT2D eigenvalue weighted by molar-refractivity contribution is 5.96. The lowest BCUT2D eigenvalue weighted by atomic mass is 9.94. The Labute approximate surface area is 123 Å². The van der Waals surface area contributed by atoms with Crippen LogP contribution in [0.1, 0.15) is 37.0 Å². The highest BCUT2D eigenvalue weighted by Crippen LogP contribution is 2.29. The molecular formula is C15H21FN2O3. The monoisotopic (exact) mass is 296 g/mol. The summed E-state index contributed by atoms with van der Waals surface area (Å²) in [4.78, 5) is 11.8. The first-order valence-electron chi connectivity index (χ1n) is 7.07. The van der Waals surface area contributed by atoms with E-state index in [2.05, 4.69) is 5.32 Å². The lowest BCUT2D eigenvalue weighted by Gasteiger charge is -2.35. The molecule has 0 amide bonds. The van der Waals surface area contributed by atoms with Gasteiger partial charge in [0, 0.05) is 12.3 Å². The molecule has 0 saturated carbocycles. The highest BCUT2D eigenvalue weighted by atomic mass is 19.1. The van der Waals surface area contributed by atoms with Gasteiger partial charge in [-0.1, -0.05) is 0 Å². The van der Waals surface area contributed by atoms with Gasteiger partial charge in [-0.2, -0.15) is 0 Å². The third-order valence-corrected chi connectivity index (χ3v) is 3.51. The van der Waals surface area contributed by atoms with Crippen LogP contribution in [-0.2, 0) is 9.47 Å². The van der Waals surface area contributed by atoms with Gasteiger partial charge in [0.2, 0.25) is 0 Å². The Morgan fingerprint density at radius 2 is 2.33 bits per heavy atom. The van der Waals surface area contributed by atoms with Gasteiger partial charge in [-0.05, 0) is 38.8 Å². The summed E-state index contributed by atoms with van der Waals surface area (Å²) >= 11 is 0. The van der Waals surface area contributed by atoms with Crippen molar-refractivity contribution in [3.8, 4) is 0 Å². The molecule has 0 aliphatic carbocycles. The molecule has 116 valence electrons. The Morgan fingerprint density at radius 3 is 2.95 bits per heavy atom. The molecule has 1 aromatic carbocycles.